The van der Waals surface area contributed by atoms with Gasteiger partial charge < -0.3 is 15.9 Å². The van der Waals surface area contributed by atoms with E-state index in [-0.39, 0.29) is 12.4 Å². The molecule has 0 heterocycles. The van der Waals surface area contributed by atoms with Crippen molar-refractivity contribution in [2.45, 2.75) is 19.1 Å². The predicted molar refractivity (Wildman–Crippen MR) is 34.5 cm³/mol. The quantitative estimate of drug-likeness (QED) is 0.488. The van der Waals surface area contributed by atoms with Crippen LogP contribution in [0.5, 0.6) is 0 Å². The number of halogens is 1. The first-order valence-corrected chi connectivity index (χ1v) is 2.22. The maximum atomic E-state index is 9.81. The van der Waals surface area contributed by atoms with Crippen LogP contribution >= 0.6 is 12.4 Å². The van der Waals surface area contributed by atoms with Crippen LogP contribution in [0.4, 0.5) is 0 Å². The van der Waals surface area contributed by atoms with E-state index < -0.39 is 18.1 Å². The number of hydrogen-bond acceptors (Lipinski definition) is 3. The van der Waals surface area contributed by atoms with Gasteiger partial charge in [-0.25, -0.2) is 4.79 Å². The second-order valence-corrected chi connectivity index (χ2v) is 1.64. The highest BCUT2D eigenvalue weighted by molar-refractivity contribution is 5.85. The van der Waals surface area contributed by atoms with Crippen LogP contribution in [0.2, 0.25) is 0 Å². The summed E-state index contributed by atoms with van der Waals surface area (Å²) in [5, 5.41) is 16.5. The summed E-state index contributed by atoms with van der Waals surface area (Å²) in [6.07, 6.45) is -1.44. The third-order valence-electron chi connectivity index (χ3n) is 0.751. The topological polar surface area (TPSA) is 83.5 Å². The van der Waals surface area contributed by atoms with Gasteiger partial charge in [-0.1, -0.05) is 0 Å². The van der Waals surface area contributed by atoms with Crippen LogP contribution in [-0.2, 0) is 4.79 Å². The van der Waals surface area contributed by atoms with Gasteiger partial charge in [0, 0.05) is 6.04 Å². The zero-order valence-electron chi connectivity index (χ0n) is 4.94. The molecule has 0 amide bonds. The number of rotatable bonds is 2. The number of aliphatic hydroxyl groups is 1. The van der Waals surface area contributed by atoms with Crippen LogP contribution in [0, 0.1) is 0 Å². The summed E-state index contributed by atoms with van der Waals surface area (Å²) in [4.78, 5) is 9.81. The van der Waals surface area contributed by atoms with Crippen molar-refractivity contribution in [3.63, 3.8) is 0 Å². The highest BCUT2D eigenvalue weighted by Crippen LogP contribution is 1.86. The number of carbonyl (C=O) groups is 1. The predicted octanol–water partition coefficient (Wildman–Crippen LogP) is -0.799. The number of hydrogen-bond donors (Lipinski definition) is 3. The zero-order valence-corrected chi connectivity index (χ0v) is 5.76. The number of carboxylic acids is 1. The summed E-state index contributed by atoms with van der Waals surface area (Å²) in [5.74, 6) is -1.28. The smallest absolute Gasteiger partial charge is 0.334 e. The standard InChI is InChI=1S/C4H9NO3.ClH/c1-2(5)3(6)4(7)8;/h2-3,6H,5H2,1H3,(H,7,8);1H. The minimum Gasteiger partial charge on any atom is -0.479 e. The lowest BCUT2D eigenvalue weighted by Gasteiger charge is -2.06. The van der Waals surface area contributed by atoms with Crippen molar-refractivity contribution in [3.05, 3.63) is 0 Å². The first-order chi connectivity index (χ1) is 3.55. The van der Waals surface area contributed by atoms with E-state index in [0.29, 0.717) is 0 Å². The van der Waals surface area contributed by atoms with Crippen molar-refractivity contribution in [2.24, 2.45) is 5.73 Å². The highest BCUT2D eigenvalue weighted by atomic mass is 35.5. The van der Waals surface area contributed by atoms with Crippen LogP contribution in [-0.4, -0.2) is 28.3 Å². The average molecular weight is 156 g/mol. The zero-order chi connectivity index (χ0) is 6.73. The molecule has 5 heteroatoms. The lowest BCUT2D eigenvalue weighted by molar-refractivity contribution is -0.147. The summed E-state index contributed by atoms with van der Waals surface area (Å²) < 4.78 is 0. The minimum atomic E-state index is -1.44. The molecule has 0 rings (SSSR count). The van der Waals surface area contributed by atoms with E-state index in [4.69, 9.17) is 15.9 Å². The molecule has 4 nitrogen and oxygen atoms in total. The molecule has 9 heavy (non-hydrogen) atoms. The minimum absolute atomic E-state index is 0. The second-order valence-electron chi connectivity index (χ2n) is 1.64. The fourth-order valence-corrected chi connectivity index (χ4v) is 0.225. The van der Waals surface area contributed by atoms with Crippen molar-refractivity contribution >= 4 is 18.4 Å². The monoisotopic (exact) mass is 155 g/mol. The molecule has 0 aromatic rings. The van der Waals surface area contributed by atoms with E-state index in [1.165, 1.54) is 6.92 Å². The van der Waals surface area contributed by atoms with E-state index in [1.807, 2.05) is 0 Å². The third-order valence-corrected chi connectivity index (χ3v) is 0.751. The van der Waals surface area contributed by atoms with Gasteiger partial charge in [-0.3, -0.25) is 0 Å². The molecule has 4 N–H and O–H groups in total. The number of nitrogens with two attached hydrogens (primary N) is 1. The molecule has 0 saturated heterocycles. The van der Waals surface area contributed by atoms with Gasteiger partial charge in [-0.15, -0.1) is 12.4 Å². The van der Waals surface area contributed by atoms with Crippen molar-refractivity contribution in [3.8, 4) is 0 Å². The normalized spacial score (nSPS) is 15.4. The number of aliphatic hydroxyl groups excluding tert-OH is 1. The molecular formula is C4H10ClNO3. The van der Waals surface area contributed by atoms with Gasteiger partial charge in [0.25, 0.3) is 0 Å². The lowest BCUT2D eigenvalue weighted by atomic mass is 10.2. The van der Waals surface area contributed by atoms with Crippen LogP contribution in [0.25, 0.3) is 0 Å². The summed E-state index contributed by atoms with van der Waals surface area (Å²) in [6, 6.07) is -0.701. The van der Waals surface area contributed by atoms with E-state index in [2.05, 4.69) is 0 Å². The van der Waals surface area contributed by atoms with E-state index in [1.54, 1.807) is 0 Å². The molecule has 0 aromatic carbocycles. The Balaban J connectivity index is 0. The van der Waals surface area contributed by atoms with Gasteiger partial charge >= 0.3 is 5.97 Å². The number of carboxylic acid groups (broad SMARTS) is 1. The first kappa shape index (κ1) is 11.5. The van der Waals surface area contributed by atoms with E-state index >= 15 is 0 Å². The second kappa shape index (κ2) is 4.55. The van der Waals surface area contributed by atoms with Crippen molar-refractivity contribution in [1.82, 2.24) is 0 Å². The van der Waals surface area contributed by atoms with E-state index in [9.17, 15) is 4.79 Å². The van der Waals surface area contributed by atoms with Gasteiger partial charge in [0.05, 0.1) is 0 Å². The Hall–Kier alpha value is -0.320. The Bertz CT molecular complexity index is 95.8. The summed E-state index contributed by atoms with van der Waals surface area (Å²) in [7, 11) is 0. The van der Waals surface area contributed by atoms with Crippen LogP contribution in [0.15, 0.2) is 0 Å². The van der Waals surface area contributed by atoms with Crippen LogP contribution in [0.1, 0.15) is 6.92 Å². The van der Waals surface area contributed by atoms with Gasteiger partial charge in [0.1, 0.15) is 0 Å². The fraction of sp³-hybridized carbons (Fsp3) is 0.750. The molecule has 0 aliphatic heterocycles. The Kier molecular flexibility index (Phi) is 5.80. The number of aliphatic carboxylic acids is 1. The van der Waals surface area contributed by atoms with Gasteiger partial charge in [0.15, 0.2) is 6.10 Å². The maximum Gasteiger partial charge on any atom is 0.334 e. The molecule has 0 aromatic heterocycles. The Labute approximate surface area is 59.1 Å². The molecule has 0 radical (unpaired) electrons. The van der Waals surface area contributed by atoms with Gasteiger partial charge in [-0.2, -0.15) is 0 Å². The molecule has 0 bridgehead atoms. The van der Waals surface area contributed by atoms with Crippen molar-refractivity contribution < 1.29 is 15.0 Å². The maximum absolute atomic E-state index is 9.81. The Morgan fingerprint density at radius 2 is 2.00 bits per heavy atom. The fourth-order valence-electron chi connectivity index (χ4n) is 0.225. The van der Waals surface area contributed by atoms with Gasteiger partial charge in [0.2, 0.25) is 0 Å². The molecule has 0 aliphatic carbocycles. The van der Waals surface area contributed by atoms with Gasteiger partial charge in [-0.05, 0) is 6.92 Å². The Morgan fingerprint density at radius 3 is 2.00 bits per heavy atom. The SMILES string of the molecule is CC(N)C(O)C(=O)O.Cl. The molecule has 2 unspecified atom stereocenters. The molecule has 0 spiro atoms. The molecule has 0 saturated carbocycles. The third kappa shape index (κ3) is 4.20. The highest BCUT2D eigenvalue weighted by Gasteiger charge is 2.16. The molecule has 0 fully saturated rings. The molecule has 0 aliphatic rings. The first-order valence-electron chi connectivity index (χ1n) is 2.22. The molecule has 56 valence electrons. The van der Waals surface area contributed by atoms with Crippen molar-refractivity contribution in [2.75, 3.05) is 0 Å². The summed E-state index contributed by atoms with van der Waals surface area (Å²) in [5.41, 5.74) is 5.01. The lowest BCUT2D eigenvalue weighted by Crippen LogP contribution is -2.37. The van der Waals surface area contributed by atoms with Crippen LogP contribution < -0.4 is 5.73 Å². The van der Waals surface area contributed by atoms with Crippen LogP contribution in [0.3, 0.4) is 0 Å². The largest absolute Gasteiger partial charge is 0.479 e. The Morgan fingerprint density at radius 1 is 1.67 bits per heavy atom. The summed E-state index contributed by atoms with van der Waals surface area (Å²) in [6.45, 7) is 1.43. The summed E-state index contributed by atoms with van der Waals surface area (Å²) >= 11 is 0. The average Bonchev–Trinajstić information content (AvgIpc) is 1.64. The van der Waals surface area contributed by atoms with Crippen molar-refractivity contribution in [1.29, 1.82) is 0 Å². The molecular weight excluding hydrogens is 146 g/mol. The van der Waals surface area contributed by atoms with E-state index in [0.717, 1.165) is 0 Å². The molecule has 2 atom stereocenters.